The second-order valence-electron chi connectivity index (χ2n) is 4.19. The van der Waals surface area contributed by atoms with Crippen molar-refractivity contribution in [2.45, 2.75) is 57.5 Å². The van der Waals surface area contributed by atoms with Gasteiger partial charge < -0.3 is 9.84 Å². The van der Waals surface area contributed by atoms with E-state index >= 15 is 0 Å². The Bertz CT molecular complexity index is 128. The summed E-state index contributed by atoms with van der Waals surface area (Å²) in [6, 6.07) is 0. The largest absolute Gasteiger partial charge is 0.387 e. The van der Waals surface area contributed by atoms with Crippen molar-refractivity contribution in [1.29, 1.82) is 0 Å². The van der Waals surface area contributed by atoms with Crippen molar-refractivity contribution in [1.82, 2.24) is 0 Å². The standard InChI is InChI=1S/C11H22O2/c1-2-3-4-5-7-11(12)8-6-9-13-10-11/h12H,2-10H2,1H3. The molecule has 1 aliphatic heterocycles. The zero-order valence-electron chi connectivity index (χ0n) is 8.72. The van der Waals surface area contributed by atoms with Crippen LogP contribution in [0.25, 0.3) is 0 Å². The minimum Gasteiger partial charge on any atom is -0.387 e. The van der Waals surface area contributed by atoms with E-state index in [2.05, 4.69) is 6.92 Å². The molecule has 0 bridgehead atoms. The molecule has 0 amide bonds. The lowest BCUT2D eigenvalue weighted by Crippen LogP contribution is -2.38. The predicted molar refractivity (Wildman–Crippen MR) is 53.8 cm³/mol. The summed E-state index contributed by atoms with van der Waals surface area (Å²) in [6.45, 7) is 3.59. The number of unbranched alkanes of at least 4 members (excludes halogenated alkanes) is 3. The van der Waals surface area contributed by atoms with Gasteiger partial charge in [-0.2, -0.15) is 0 Å². The Balaban J connectivity index is 2.10. The van der Waals surface area contributed by atoms with Crippen LogP contribution in [0.5, 0.6) is 0 Å². The van der Waals surface area contributed by atoms with E-state index in [1.807, 2.05) is 0 Å². The van der Waals surface area contributed by atoms with E-state index in [4.69, 9.17) is 4.74 Å². The molecule has 78 valence electrons. The average Bonchev–Trinajstić information content (AvgIpc) is 2.14. The van der Waals surface area contributed by atoms with Crippen LogP contribution >= 0.6 is 0 Å². The quantitative estimate of drug-likeness (QED) is 0.668. The number of ether oxygens (including phenoxy) is 1. The molecular weight excluding hydrogens is 164 g/mol. The van der Waals surface area contributed by atoms with Gasteiger partial charge >= 0.3 is 0 Å². The number of aliphatic hydroxyl groups is 1. The molecular formula is C11H22O2. The summed E-state index contributed by atoms with van der Waals surface area (Å²) in [5, 5.41) is 10.0. The molecule has 1 unspecified atom stereocenters. The molecule has 2 heteroatoms. The zero-order chi connectivity index (χ0) is 9.57. The number of rotatable bonds is 5. The average molecular weight is 186 g/mol. The molecule has 1 fully saturated rings. The molecule has 1 heterocycles. The molecule has 1 rings (SSSR count). The number of hydrogen-bond donors (Lipinski definition) is 1. The summed E-state index contributed by atoms with van der Waals surface area (Å²) in [4.78, 5) is 0. The Labute approximate surface area is 81.3 Å². The fraction of sp³-hybridized carbons (Fsp3) is 1.00. The second kappa shape index (κ2) is 5.61. The van der Waals surface area contributed by atoms with E-state index in [1.54, 1.807) is 0 Å². The molecule has 0 saturated carbocycles. The van der Waals surface area contributed by atoms with Gasteiger partial charge in [0.25, 0.3) is 0 Å². The van der Waals surface area contributed by atoms with Gasteiger partial charge in [-0.1, -0.05) is 32.6 Å². The van der Waals surface area contributed by atoms with Crippen molar-refractivity contribution in [3.8, 4) is 0 Å². The van der Waals surface area contributed by atoms with Crippen LogP contribution in [0.1, 0.15) is 51.9 Å². The summed E-state index contributed by atoms with van der Waals surface area (Å²) in [6.07, 6.45) is 7.81. The Morgan fingerprint density at radius 3 is 2.77 bits per heavy atom. The Morgan fingerprint density at radius 2 is 2.15 bits per heavy atom. The van der Waals surface area contributed by atoms with Crippen LogP contribution in [0, 0.1) is 0 Å². The zero-order valence-corrected chi connectivity index (χ0v) is 8.72. The van der Waals surface area contributed by atoms with Crippen LogP contribution in [0.3, 0.4) is 0 Å². The minimum absolute atomic E-state index is 0.494. The molecule has 13 heavy (non-hydrogen) atoms. The van der Waals surface area contributed by atoms with Crippen LogP contribution in [0.4, 0.5) is 0 Å². The van der Waals surface area contributed by atoms with Crippen molar-refractivity contribution in [2.24, 2.45) is 0 Å². The third-order valence-electron chi connectivity index (χ3n) is 2.80. The maximum absolute atomic E-state index is 10.0. The van der Waals surface area contributed by atoms with E-state index in [0.29, 0.717) is 6.61 Å². The molecule has 0 aromatic rings. The Hall–Kier alpha value is -0.0800. The van der Waals surface area contributed by atoms with E-state index in [-0.39, 0.29) is 0 Å². The number of hydrogen-bond acceptors (Lipinski definition) is 2. The first-order chi connectivity index (χ1) is 6.27. The maximum atomic E-state index is 10.0. The first-order valence-corrected chi connectivity index (χ1v) is 5.57. The van der Waals surface area contributed by atoms with Gasteiger partial charge in [-0.15, -0.1) is 0 Å². The second-order valence-corrected chi connectivity index (χ2v) is 4.19. The van der Waals surface area contributed by atoms with Crippen molar-refractivity contribution < 1.29 is 9.84 Å². The first-order valence-electron chi connectivity index (χ1n) is 5.57. The Morgan fingerprint density at radius 1 is 1.31 bits per heavy atom. The highest BCUT2D eigenvalue weighted by Gasteiger charge is 2.28. The van der Waals surface area contributed by atoms with Crippen molar-refractivity contribution >= 4 is 0 Å². The van der Waals surface area contributed by atoms with Crippen LogP contribution in [0.2, 0.25) is 0 Å². The molecule has 2 nitrogen and oxygen atoms in total. The molecule has 1 aliphatic rings. The first kappa shape index (κ1) is 11.0. The van der Waals surface area contributed by atoms with Crippen LogP contribution in [0.15, 0.2) is 0 Å². The molecule has 0 aromatic carbocycles. The summed E-state index contributed by atoms with van der Waals surface area (Å²) in [5.41, 5.74) is -0.494. The Kier molecular flexibility index (Phi) is 4.74. The summed E-state index contributed by atoms with van der Waals surface area (Å²) in [7, 11) is 0. The summed E-state index contributed by atoms with van der Waals surface area (Å²) < 4.78 is 5.29. The van der Waals surface area contributed by atoms with Gasteiger partial charge in [-0.3, -0.25) is 0 Å². The van der Waals surface area contributed by atoms with Gasteiger partial charge in [0.15, 0.2) is 0 Å². The highest BCUT2D eigenvalue weighted by atomic mass is 16.5. The minimum atomic E-state index is -0.494. The van der Waals surface area contributed by atoms with Crippen LogP contribution in [-0.2, 0) is 4.74 Å². The van der Waals surface area contributed by atoms with Gasteiger partial charge in [0.05, 0.1) is 12.2 Å². The molecule has 1 N–H and O–H groups in total. The van der Waals surface area contributed by atoms with Gasteiger partial charge in [0, 0.05) is 6.61 Å². The predicted octanol–water partition coefficient (Wildman–Crippen LogP) is 2.50. The summed E-state index contributed by atoms with van der Waals surface area (Å²) in [5.74, 6) is 0. The topological polar surface area (TPSA) is 29.5 Å². The molecule has 1 saturated heterocycles. The third-order valence-corrected chi connectivity index (χ3v) is 2.80. The van der Waals surface area contributed by atoms with Crippen molar-refractivity contribution in [3.63, 3.8) is 0 Å². The third kappa shape index (κ3) is 4.10. The lowest BCUT2D eigenvalue weighted by Gasteiger charge is -2.31. The van der Waals surface area contributed by atoms with Gasteiger partial charge in [0.2, 0.25) is 0 Å². The van der Waals surface area contributed by atoms with Gasteiger partial charge in [-0.05, 0) is 19.3 Å². The fourth-order valence-corrected chi connectivity index (χ4v) is 1.92. The van der Waals surface area contributed by atoms with E-state index in [1.165, 1.54) is 19.3 Å². The van der Waals surface area contributed by atoms with E-state index in [0.717, 1.165) is 32.3 Å². The molecule has 1 atom stereocenters. The maximum Gasteiger partial charge on any atom is 0.0881 e. The van der Waals surface area contributed by atoms with Crippen molar-refractivity contribution in [2.75, 3.05) is 13.2 Å². The van der Waals surface area contributed by atoms with Gasteiger partial charge in [-0.25, -0.2) is 0 Å². The smallest absolute Gasteiger partial charge is 0.0881 e. The highest BCUT2D eigenvalue weighted by molar-refractivity contribution is 4.80. The fourth-order valence-electron chi connectivity index (χ4n) is 1.92. The normalized spacial score (nSPS) is 29.1. The van der Waals surface area contributed by atoms with Crippen LogP contribution in [-0.4, -0.2) is 23.9 Å². The highest BCUT2D eigenvalue weighted by Crippen LogP contribution is 2.24. The van der Waals surface area contributed by atoms with Crippen molar-refractivity contribution in [3.05, 3.63) is 0 Å². The SMILES string of the molecule is CCCCCCC1(O)CCCOC1. The van der Waals surface area contributed by atoms with E-state index in [9.17, 15) is 5.11 Å². The van der Waals surface area contributed by atoms with Crippen LogP contribution < -0.4 is 0 Å². The molecule has 0 spiro atoms. The lowest BCUT2D eigenvalue weighted by atomic mass is 9.90. The van der Waals surface area contributed by atoms with E-state index < -0.39 is 5.60 Å². The summed E-state index contributed by atoms with van der Waals surface area (Å²) >= 11 is 0. The monoisotopic (exact) mass is 186 g/mol. The molecule has 0 aromatic heterocycles. The molecule has 0 aliphatic carbocycles. The lowest BCUT2D eigenvalue weighted by molar-refractivity contribution is -0.0906. The van der Waals surface area contributed by atoms with Gasteiger partial charge in [0.1, 0.15) is 0 Å². The molecule has 0 radical (unpaired) electrons.